The van der Waals surface area contributed by atoms with Gasteiger partial charge in [0, 0.05) is 28.5 Å². The Morgan fingerprint density at radius 1 is 1.03 bits per heavy atom. The fourth-order valence-electron chi connectivity index (χ4n) is 7.77. The molecule has 0 bridgehead atoms. The van der Waals surface area contributed by atoms with Gasteiger partial charge in [0.1, 0.15) is 23.3 Å². The summed E-state index contributed by atoms with van der Waals surface area (Å²) in [6.45, 7) is 6.63. The van der Waals surface area contributed by atoms with Gasteiger partial charge in [-0.3, -0.25) is 19.3 Å². The van der Waals surface area contributed by atoms with E-state index in [0.29, 0.717) is 41.4 Å². The summed E-state index contributed by atoms with van der Waals surface area (Å²) in [5.74, 6) is -0.939. The molecule has 2 amide bonds. The van der Waals surface area contributed by atoms with Crippen LogP contribution < -0.4 is 15.4 Å². The fraction of sp³-hybridized carbons (Fsp3) is 0.281. The topological polar surface area (TPSA) is 87.7 Å². The van der Waals surface area contributed by atoms with Crippen LogP contribution in [0.4, 0.5) is 11.4 Å². The van der Waals surface area contributed by atoms with Crippen LogP contribution in [-0.4, -0.2) is 41.7 Å². The second-order valence-electron chi connectivity index (χ2n) is 10.9. The number of nitrogens with one attached hydrogen (secondary N) is 2. The summed E-state index contributed by atoms with van der Waals surface area (Å²) in [7, 11) is 0. The monoisotopic (exact) mass is 519 g/mol. The molecule has 39 heavy (non-hydrogen) atoms. The molecule has 0 radical (unpaired) electrons. The maximum atomic E-state index is 14.7. The van der Waals surface area contributed by atoms with Crippen LogP contribution in [0, 0.1) is 12.8 Å². The third-order valence-corrected chi connectivity index (χ3v) is 9.02. The highest BCUT2D eigenvalue weighted by Crippen LogP contribution is 2.67. The number of benzene rings is 3. The summed E-state index contributed by atoms with van der Waals surface area (Å²) in [5, 5.41) is 6.18. The zero-order chi connectivity index (χ0) is 26.9. The van der Waals surface area contributed by atoms with E-state index in [4.69, 9.17) is 4.74 Å². The lowest BCUT2D eigenvalue weighted by atomic mass is 9.57. The molecule has 3 aromatic rings. The Bertz CT molecular complexity index is 1580. The molecule has 0 aliphatic carbocycles. The SMILES string of the molecule is C=CCOc1cccc(C(=O)C2C3CCCN3C3(C(=O)Nc4ccc(C)cc43)C23C(=O)Nc2ccccc23)c1. The van der Waals surface area contributed by atoms with Gasteiger partial charge >= 0.3 is 0 Å². The van der Waals surface area contributed by atoms with Crippen molar-refractivity contribution in [3.63, 3.8) is 0 Å². The number of ether oxygens (including phenoxy) is 1. The molecule has 196 valence electrons. The van der Waals surface area contributed by atoms with Gasteiger partial charge in [0.25, 0.3) is 5.91 Å². The van der Waals surface area contributed by atoms with E-state index in [0.717, 1.165) is 24.0 Å². The minimum absolute atomic E-state index is 0.159. The first-order valence-corrected chi connectivity index (χ1v) is 13.4. The van der Waals surface area contributed by atoms with E-state index in [1.54, 1.807) is 30.3 Å². The van der Waals surface area contributed by atoms with E-state index < -0.39 is 16.9 Å². The number of carbonyl (C=O) groups excluding carboxylic acids is 3. The van der Waals surface area contributed by atoms with E-state index in [-0.39, 0.29) is 23.6 Å². The van der Waals surface area contributed by atoms with Gasteiger partial charge in [-0.25, -0.2) is 0 Å². The molecule has 4 aliphatic heterocycles. The van der Waals surface area contributed by atoms with Gasteiger partial charge in [-0.15, -0.1) is 0 Å². The molecule has 2 fully saturated rings. The summed E-state index contributed by atoms with van der Waals surface area (Å²) in [4.78, 5) is 45.9. The number of aryl methyl sites for hydroxylation is 1. The number of nitrogens with zero attached hydrogens (tertiary/aromatic N) is 1. The number of anilines is 2. The van der Waals surface area contributed by atoms with Crippen molar-refractivity contribution in [3.8, 4) is 5.75 Å². The van der Waals surface area contributed by atoms with Crippen molar-refractivity contribution in [2.75, 3.05) is 23.8 Å². The molecule has 7 rings (SSSR count). The van der Waals surface area contributed by atoms with Gasteiger partial charge in [0.15, 0.2) is 5.78 Å². The summed E-state index contributed by atoms with van der Waals surface area (Å²) < 4.78 is 5.74. The lowest BCUT2D eigenvalue weighted by molar-refractivity contribution is -0.137. The third-order valence-electron chi connectivity index (χ3n) is 9.02. The molecule has 4 atom stereocenters. The molecular formula is C32H29N3O4. The highest BCUT2D eigenvalue weighted by Gasteiger charge is 2.81. The number of rotatable bonds is 5. The molecule has 0 aromatic heterocycles. The maximum absolute atomic E-state index is 14.7. The average molecular weight is 520 g/mol. The lowest BCUT2D eigenvalue weighted by Crippen LogP contribution is -2.62. The van der Waals surface area contributed by atoms with Gasteiger partial charge in [-0.05, 0) is 56.1 Å². The van der Waals surface area contributed by atoms with Crippen molar-refractivity contribution in [2.45, 2.75) is 36.8 Å². The Labute approximate surface area is 226 Å². The Morgan fingerprint density at radius 2 is 1.82 bits per heavy atom. The van der Waals surface area contributed by atoms with Crippen molar-refractivity contribution in [2.24, 2.45) is 5.92 Å². The number of Topliss-reactive ketones (excluding diaryl/α,β-unsaturated/α-hetero) is 1. The summed E-state index contributed by atoms with van der Waals surface area (Å²) >= 11 is 0. The van der Waals surface area contributed by atoms with Crippen LogP contribution in [0.5, 0.6) is 5.75 Å². The quantitative estimate of drug-likeness (QED) is 0.381. The number of hydrogen-bond donors (Lipinski definition) is 2. The molecule has 7 nitrogen and oxygen atoms in total. The summed E-state index contributed by atoms with van der Waals surface area (Å²) in [6, 6.07) is 20.2. The van der Waals surface area contributed by atoms with Crippen molar-refractivity contribution >= 4 is 29.0 Å². The maximum Gasteiger partial charge on any atom is 0.251 e. The van der Waals surface area contributed by atoms with E-state index in [1.807, 2.05) is 49.4 Å². The van der Waals surface area contributed by atoms with Gasteiger partial charge in [-0.2, -0.15) is 0 Å². The molecule has 2 spiro atoms. The van der Waals surface area contributed by atoms with Crippen molar-refractivity contribution in [1.82, 2.24) is 4.90 Å². The van der Waals surface area contributed by atoms with Gasteiger partial charge in [0.2, 0.25) is 5.91 Å². The molecular weight excluding hydrogens is 490 g/mol. The van der Waals surface area contributed by atoms with Crippen LogP contribution in [0.3, 0.4) is 0 Å². The Morgan fingerprint density at radius 3 is 2.67 bits per heavy atom. The molecule has 4 aliphatic rings. The first-order chi connectivity index (χ1) is 18.9. The standard InChI is InChI=1S/C32H29N3O4/c1-3-16-39-21-9-6-8-20(18-21)28(36)27-26-12-7-15-35(26)32(23-17-19(2)13-14-25(23)34-30(32)38)31(27)22-10-4-5-11-24(22)33-29(31)37/h3-6,8-11,13-14,17-18,26-27H,1,7,12,15-16H2,2H3,(H,33,37)(H,34,38). The van der Waals surface area contributed by atoms with Gasteiger partial charge < -0.3 is 15.4 Å². The highest BCUT2D eigenvalue weighted by molar-refractivity contribution is 6.21. The van der Waals surface area contributed by atoms with E-state index in [9.17, 15) is 14.4 Å². The number of fused-ring (bicyclic) bond motifs is 7. The van der Waals surface area contributed by atoms with Gasteiger partial charge in [0.05, 0.1) is 5.92 Å². The third kappa shape index (κ3) is 2.88. The second-order valence-corrected chi connectivity index (χ2v) is 10.9. The zero-order valence-electron chi connectivity index (χ0n) is 21.7. The smallest absolute Gasteiger partial charge is 0.251 e. The van der Waals surface area contributed by atoms with Crippen LogP contribution >= 0.6 is 0 Å². The number of para-hydroxylation sites is 1. The molecule has 2 N–H and O–H groups in total. The molecule has 3 aromatic carbocycles. The predicted molar refractivity (Wildman–Crippen MR) is 148 cm³/mol. The minimum Gasteiger partial charge on any atom is -0.490 e. The number of amides is 2. The van der Waals surface area contributed by atoms with Crippen LogP contribution in [0.15, 0.2) is 79.4 Å². The Kier molecular flexibility index (Phi) is 5.13. The summed E-state index contributed by atoms with van der Waals surface area (Å²) in [6.07, 6.45) is 3.21. The number of hydrogen-bond acceptors (Lipinski definition) is 5. The van der Waals surface area contributed by atoms with Crippen LogP contribution in [0.2, 0.25) is 0 Å². The van der Waals surface area contributed by atoms with E-state index in [2.05, 4.69) is 22.1 Å². The number of ketones is 1. The van der Waals surface area contributed by atoms with Crippen LogP contribution in [0.25, 0.3) is 0 Å². The minimum atomic E-state index is -1.45. The first kappa shape index (κ1) is 23.9. The van der Waals surface area contributed by atoms with Crippen molar-refractivity contribution < 1.29 is 19.1 Å². The second kappa shape index (κ2) is 8.38. The molecule has 4 unspecified atom stereocenters. The van der Waals surface area contributed by atoms with E-state index in [1.165, 1.54) is 0 Å². The van der Waals surface area contributed by atoms with Gasteiger partial charge in [-0.1, -0.05) is 60.7 Å². The normalized spacial score (nSPS) is 28.2. The van der Waals surface area contributed by atoms with Crippen molar-refractivity contribution in [1.29, 1.82) is 0 Å². The molecule has 0 saturated carbocycles. The fourth-order valence-corrected chi connectivity index (χ4v) is 7.77. The highest BCUT2D eigenvalue weighted by atomic mass is 16.5. The average Bonchev–Trinajstić information content (AvgIpc) is 3.66. The van der Waals surface area contributed by atoms with E-state index >= 15 is 0 Å². The number of carbonyl (C=O) groups is 3. The predicted octanol–water partition coefficient (Wildman–Crippen LogP) is 4.57. The van der Waals surface area contributed by atoms with Crippen LogP contribution in [-0.2, 0) is 20.5 Å². The molecule has 2 saturated heterocycles. The Balaban J connectivity index is 1.52. The largest absolute Gasteiger partial charge is 0.490 e. The summed E-state index contributed by atoms with van der Waals surface area (Å²) in [5.41, 5.74) is 1.46. The van der Waals surface area contributed by atoms with Crippen LogP contribution in [0.1, 0.15) is 39.9 Å². The zero-order valence-corrected chi connectivity index (χ0v) is 21.7. The van der Waals surface area contributed by atoms with Crippen molar-refractivity contribution in [3.05, 3.63) is 102 Å². The molecule has 7 heteroatoms. The first-order valence-electron chi connectivity index (χ1n) is 13.4. The molecule has 4 heterocycles. The lowest BCUT2D eigenvalue weighted by Gasteiger charge is -2.43. The Hall–Kier alpha value is -4.23.